The maximum Gasteiger partial charge on any atom is 0.254 e. The number of hydrogen-bond donors (Lipinski definition) is 2. The van der Waals surface area contributed by atoms with Crippen LogP contribution >= 0.6 is 27.5 Å². The zero-order chi connectivity index (χ0) is 13.1. The average molecular weight is 334 g/mol. The van der Waals surface area contributed by atoms with Crippen LogP contribution in [0, 0.1) is 5.92 Å². The molecule has 0 spiro atoms. The molecule has 18 heavy (non-hydrogen) atoms. The lowest BCUT2D eigenvalue weighted by molar-refractivity contribution is 0.0924. The molecule has 0 radical (unpaired) electrons. The highest BCUT2D eigenvalue weighted by Gasteiger charge is 2.32. The Hall–Kier alpha value is -0.650. The number of pyridine rings is 1. The van der Waals surface area contributed by atoms with Crippen LogP contribution in [0.3, 0.4) is 0 Å². The van der Waals surface area contributed by atoms with Crippen LogP contribution in [-0.4, -0.2) is 28.6 Å². The molecule has 1 aliphatic rings. The second-order valence-corrected chi connectivity index (χ2v) is 5.70. The largest absolute Gasteiger partial charge is 0.396 e. The van der Waals surface area contributed by atoms with E-state index in [4.69, 9.17) is 16.7 Å². The molecule has 2 N–H and O–H groups in total. The molecule has 1 aromatic rings. The molecular weight excluding hydrogens is 320 g/mol. The summed E-state index contributed by atoms with van der Waals surface area (Å²) in [4.78, 5) is 16.0. The zero-order valence-corrected chi connectivity index (χ0v) is 12.0. The molecule has 4 nitrogen and oxygen atoms in total. The molecule has 0 aliphatic heterocycles. The fourth-order valence-electron chi connectivity index (χ4n) is 1.89. The molecule has 1 fully saturated rings. The number of carbonyl (C=O) groups is 1. The van der Waals surface area contributed by atoms with Gasteiger partial charge in [0.15, 0.2) is 0 Å². The number of aliphatic hydroxyl groups is 1. The van der Waals surface area contributed by atoms with Gasteiger partial charge >= 0.3 is 0 Å². The molecule has 6 heteroatoms. The van der Waals surface area contributed by atoms with Crippen molar-refractivity contribution >= 4 is 33.4 Å². The molecule has 2 rings (SSSR count). The van der Waals surface area contributed by atoms with Crippen LogP contribution in [0.4, 0.5) is 0 Å². The second kappa shape index (κ2) is 5.99. The molecule has 0 aromatic carbocycles. The topological polar surface area (TPSA) is 62.2 Å². The SMILES string of the molecule is O=C(NC(CCO)C1CC1)c1cc(Br)cnc1Cl. The molecule has 1 amide bonds. The van der Waals surface area contributed by atoms with Crippen LogP contribution in [0.25, 0.3) is 0 Å². The first-order chi connectivity index (χ1) is 8.61. The smallest absolute Gasteiger partial charge is 0.254 e. The summed E-state index contributed by atoms with van der Waals surface area (Å²) in [5, 5.41) is 12.1. The van der Waals surface area contributed by atoms with Crippen LogP contribution < -0.4 is 5.32 Å². The first kappa shape index (κ1) is 13.8. The van der Waals surface area contributed by atoms with Crippen LogP contribution in [-0.2, 0) is 0 Å². The third kappa shape index (κ3) is 3.43. The Morgan fingerprint density at radius 3 is 3.00 bits per heavy atom. The van der Waals surface area contributed by atoms with Gasteiger partial charge < -0.3 is 10.4 Å². The van der Waals surface area contributed by atoms with Crippen LogP contribution in [0.1, 0.15) is 29.6 Å². The first-order valence-electron chi connectivity index (χ1n) is 5.84. The van der Waals surface area contributed by atoms with Gasteiger partial charge in [0.05, 0.1) is 5.56 Å². The van der Waals surface area contributed by atoms with Gasteiger partial charge in [0.1, 0.15) is 5.15 Å². The van der Waals surface area contributed by atoms with Crippen molar-refractivity contribution in [2.75, 3.05) is 6.61 Å². The van der Waals surface area contributed by atoms with E-state index in [2.05, 4.69) is 26.2 Å². The van der Waals surface area contributed by atoms with Gasteiger partial charge in [-0.2, -0.15) is 0 Å². The molecule has 1 aromatic heterocycles. The number of halogens is 2. The minimum absolute atomic E-state index is 0.0255. The third-order valence-corrected chi connectivity index (χ3v) is 3.73. The average Bonchev–Trinajstić information content (AvgIpc) is 3.15. The number of nitrogens with zero attached hydrogens (tertiary/aromatic N) is 1. The third-order valence-electron chi connectivity index (χ3n) is 3.00. The normalized spacial score (nSPS) is 16.4. The molecule has 1 aliphatic carbocycles. The Labute approximate surface area is 119 Å². The molecule has 0 saturated heterocycles. The Balaban J connectivity index is 2.07. The van der Waals surface area contributed by atoms with Crippen molar-refractivity contribution in [3.05, 3.63) is 27.5 Å². The molecule has 0 bridgehead atoms. The highest BCUT2D eigenvalue weighted by atomic mass is 79.9. The summed E-state index contributed by atoms with van der Waals surface area (Å²) >= 11 is 9.17. The number of aromatic nitrogens is 1. The van der Waals surface area contributed by atoms with E-state index in [1.165, 1.54) is 0 Å². The quantitative estimate of drug-likeness (QED) is 0.813. The van der Waals surface area contributed by atoms with Gasteiger partial charge in [-0.1, -0.05) is 11.6 Å². The number of hydrogen-bond acceptors (Lipinski definition) is 3. The Bertz CT molecular complexity index is 452. The van der Waals surface area contributed by atoms with E-state index in [1.807, 2.05) is 0 Å². The van der Waals surface area contributed by atoms with E-state index in [1.54, 1.807) is 12.3 Å². The molecule has 1 heterocycles. The highest BCUT2D eigenvalue weighted by Crippen LogP contribution is 2.34. The maximum atomic E-state index is 12.1. The summed E-state index contributed by atoms with van der Waals surface area (Å²) in [6, 6.07) is 1.67. The van der Waals surface area contributed by atoms with Gasteiger partial charge in [-0.25, -0.2) is 4.98 Å². The predicted molar refractivity (Wildman–Crippen MR) is 72.6 cm³/mol. The molecule has 1 atom stereocenters. The summed E-state index contributed by atoms with van der Waals surface area (Å²) in [6.45, 7) is 0.0753. The van der Waals surface area contributed by atoms with Gasteiger partial charge in [0.2, 0.25) is 0 Å². The molecular formula is C12H14BrClN2O2. The standard InChI is InChI=1S/C12H14BrClN2O2/c13-8-5-9(11(14)15-6-8)12(18)16-10(3-4-17)7-1-2-7/h5-7,10,17H,1-4H2,(H,16,18). The Morgan fingerprint density at radius 2 is 2.39 bits per heavy atom. The molecule has 98 valence electrons. The lowest BCUT2D eigenvalue weighted by Gasteiger charge is -2.17. The highest BCUT2D eigenvalue weighted by molar-refractivity contribution is 9.10. The lowest BCUT2D eigenvalue weighted by Crippen LogP contribution is -2.37. The van der Waals surface area contributed by atoms with E-state index in [0.717, 1.165) is 12.8 Å². The number of carbonyl (C=O) groups excluding carboxylic acids is 1. The molecule has 1 unspecified atom stereocenters. The second-order valence-electron chi connectivity index (χ2n) is 4.42. The lowest BCUT2D eigenvalue weighted by atomic mass is 10.1. The number of amides is 1. The molecule has 1 saturated carbocycles. The number of aliphatic hydroxyl groups excluding tert-OH is 1. The summed E-state index contributed by atoms with van der Waals surface area (Å²) in [7, 11) is 0. The van der Waals surface area contributed by atoms with Gasteiger partial charge in [0.25, 0.3) is 5.91 Å². The van der Waals surface area contributed by atoms with E-state index >= 15 is 0 Å². The fraction of sp³-hybridized carbons (Fsp3) is 0.500. The summed E-state index contributed by atoms with van der Waals surface area (Å²) in [6.07, 6.45) is 4.34. The van der Waals surface area contributed by atoms with Gasteiger partial charge in [-0.3, -0.25) is 4.79 Å². The van der Waals surface area contributed by atoms with Crippen molar-refractivity contribution in [3.8, 4) is 0 Å². The van der Waals surface area contributed by atoms with Crippen molar-refractivity contribution in [3.63, 3.8) is 0 Å². The Morgan fingerprint density at radius 1 is 1.67 bits per heavy atom. The minimum Gasteiger partial charge on any atom is -0.396 e. The van der Waals surface area contributed by atoms with E-state index in [0.29, 0.717) is 22.4 Å². The monoisotopic (exact) mass is 332 g/mol. The summed E-state index contributed by atoms with van der Waals surface area (Å²) in [5.41, 5.74) is 0.356. The van der Waals surface area contributed by atoms with Gasteiger partial charge in [-0.05, 0) is 47.2 Å². The van der Waals surface area contributed by atoms with Crippen LogP contribution in [0.2, 0.25) is 5.15 Å². The van der Waals surface area contributed by atoms with Crippen LogP contribution in [0.15, 0.2) is 16.7 Å². The van der Waals surface area contributed by atoms with Gasteiger partial charge in [0, 0.05) is 23.3 Å². The van der Waals surface area contributed by atoms with Gasteiger partial charge in [-0.15, -0.1) is 0 Å². The van der Waals surface area contributed by atoms with E-state index in [-0.39, 0.29) is 23.7 Å². The van der Waals surface area contributed by atoms with Crippen molar-refractivity contribution < 1.29 is 9.90 Å². The number of nitrogens with one attached hydrogen (secondary N) is 1. The Kier molecular flexibility index (Phi) is 4.59. The maximum absolute atomic E-state index is 12.1. The first-order valence-corrected chi connectivity index (χ1v) is 7.01. The fourth-order valence-corrected chi connectivity index (χ4v) is 2.41. The number of rotatable bonds is 5. The summed E-state index contributed by atoms with van der Waals surface area (Å²) < 4.78 is 0.710. The van der Waals surface area contributed by atoms with Crippen LogP contribution in [0.5, 0.6) is 0 Å². The minimum atomic E-state index is -0.237. The van der Waals surface area contributed by atoms with E-state index < -0.39 is 0 Å². The van der Waals surface area contributed by atoms with Crippen molar-refractivity contribution in [2.45, 2.75) is 25.3 Å². The summed E-state index contributed by atoms with van der Waals surface area (Å²) in [5.74, 6) is 0.249. The predicted octanol–water partition coefficient (Wildman–Crippen LogP) is 2.39. The van der Waals surface area contributed by atoms with Crippen molar-refractivity contribution in [2.24, 2.45) is 5.92 Å². The zero-order valence-electron chi connectivity index (χ0n) is 9.70. The van der Waals surface area contributed by atoms with Crippen molar-refractivity contribution in [1.29, 1.82) is 0 Å². The van der Waals surface area contributed by atoms with Crippen molar-refractivity contribution in [1.82, 2.24) is 10.3 Å². The van der Waals surface area contributed by atoms with E-state index in [9.17, 15) is 4.79 Å².